The Morgan fingerprint density at radius 2 is 2.21 bits per heavy atom. The number of rotatable bonds is 3. The molecule has 98 valence electrons. The molecule has 0 atom stereocenters. The van der Waals surface area contributed by atoms with Gasteiger partial charge < -0.3 is 10.6 Å². The van der Waals surface area contributed by atoms with E-state index >= 15 is 0 Å². The molecule has 0 aliphatic heterocycles. The average Bonchev–Trinajstić information content (AvgIpc) is 2.42. The quantitative estimate of drug-likeness (QED) is 0.906. The van der Waals surface area contributed by atoms with Crippen LogP contribution >= 0.6 is 11.6 Å². The third-order valence-electron chi connectivity index (χ3n) is 2.35. The van der Waals surface area contributed by atoms with Gasteiger partial charge in [0.05, 0.1) is 5.69 Å². The predicted molar refractivity (Wildman–Crippen MR) is 71.5 cm³/mol. The molecule has 0 bridgehead atoms. The number of nitrogens with one attached hydrogen (secondary N) is 2. The molecule has 2 amide bonds. The summed E-state index contributed by atoms with van der Waals surface area (Å²) in [5.41, 5.74) is 0.889. The highest BCUT2D eigenvalue weighted by Gasteiger charge is 2.07. The van der Waals surface area contributed by atoms with Crippen LogP contribution in [0.1, 0.15) is 5.56 Å². The molecule has 0 aliphatic rings. The molecule has 0 saturated carbocycles. The van der Waals surface area contributed by atoms with Crippen molar-refractivity contribution in [3.8, 4) is 0 Å². The number of pyridine rings is 1. The van der Waals surface area contributed by atoms with Crippen molar-refractivity contribution >= 4 is 23.3 Å². The van der Waals surface area contributed by atoms with E-state index < -0.39 is 11.8 Å². The van der Waals surface area contributed by atoms with Crippen molar-refractivity contribution in [1.29, 1.82) is 0 Å². The minimum Gasteiger partial charge on any atom is -0.334 e. The number of hydrogen-bond donors (Lipinski definition) is 2. The van der Waals surface area contributed by atoms with Gasteiger partial charge in [0.2, 0.25) is 0 Å². The normalized spacial score (nSPS) is 10.0. The molecule has 0 spiro atoms. The lowest BCUT2D eigenvalue weighted by Gasteiger charge is -2.08. The van der Waals surface area contributed by atoms with Gasteiger partial charge in [0.25, 0.3) is 0 Å². The van der Waals surface area contributed by atoms with E-state index in [1.165, 1.54) is 18.2 Å². The number of anilines is 1. The second kappa shape index (κ2) is 6.15. The number of carbonyl (C=O) groups is 1. The van der Waals surface area contributed by atoms with Crippen LogP contribution < -0.4 is 10.6 Å². The number of nitrogens with zero attached hydrogens (tertiary/aromatic N) is 1. The lowest BCUT2D eigenvalue weighted by atomic mass is 10.3. The Labute approximate surface area is 114 Å². The molecule has 1 aromatic carbocycles. The maximum absolute atomic E-state index is 13.4. The summed E-state index contributed by atoms with van der Waals surface area (Å²) < 4.78 is 13.4. The molecule has 2 aromatic rings. The Hall–Kier alpha value is -2.14. The smallest absolute Gasteiger partial charge is 0.319 e. The summed E-state index contributed by atoms with van der Waals surface area (Å²) in [7, 11) is 0. The molecule has 19 heavy (non-hydrogen) atoms. The second-order valence-electron chi connectivity index (χ2n) is 3.79. The van der Waals surface area contributed by atoms with Gasteiger partial charge in [0.15, 0.2) is 0 Å². The molecule has 2 N–H and O–H groups in total. The summed E-state index contributed by atoms with van der Waals surface area (Å²) >= 11 is 5.73. The fourth-order valence-electron chi connectivity index (χ4n) is 1.44. The van der Waals surface area contributed by atoms with Crippen molar-refractivity contribution in [1.82, 2.24) is 10.3 Å². The third-order valence-corrected chi connectivity index (χ3v) is 2.59. The Balaban J connectivity index is 1.93. The molecule has 0 aliphatic carbocycles. The number of halogens is 2. The first-order valence-electron chi connectivity index (χ1n) is 5.54. The first-order chi connectivity index (χ1) is 9.15. The third kappa shape index (κ3) is 3.93. The van der Waals surface area contributed by atoms with Crippen molar-refractivity contribution in [2.24, 2.45) is 0 Å². The molecule has 0 radical (unpaired) electrons. The fraction of sp³-hybridized carbons (Fsp3) is 0.0769. The van der Waals surface area contributed by atoms with Crippen LogP contribution in [0.3, 0.4) is 0 Å². The van der Waals surface area contributed by atoms with Crippen molar-refractivity contribution in [2.45, 2.75) is 6.54 Å². The summed E-state index contributed by atoms with van der Waals surface area (Å²) in [6, 6.07) is 7.04. The summed E-state index contributed by atoms with van der Waals surface area (Å²) in [6.45, 7) is 0.307. The van der Waals surface area contributed by atoms with Crippen molar-refractivity contribution in [2.75, 3.05) is 5.32 Å². The number of carbonyl (C=O) groups excluding carboxylic acids is 1. The van der Waals surface area contributed by atoms with Crippen LogP contribution in [0, 0.1) is 5.82 Å². The summed E-state index contributed by atoms with van der Waals surface area (Å²) in [5.74, 6) is -0.541. The first-order valence-corrected chi connectivity index (χ1v) is 5.92. The van der Waals surface area contributed by atoms with Crippen LogP contribution in [0.2, 0.25) is 5.02 Å². The molecule has 0 saturated heterocycles. The SMILES string of the molecule is O=C(NCc1cccnc1)Nc1cc(Cl)ccc1F. The predicted octanol–water partition coefficient (Wildman–Crippen LogP) is 3.20. The van der Waals surface area contributed by atoms with Gasteiger partial charge in [0.1, 0.15) is 5.82 Å². The Morgan fingerprint density at radius 3 is 2.95 bits per heavy atom. The van der Waals surface area contributed by atoms with Crippen LogP contribution in [-0.4, -0.2) is 11.0 Å². The maximum atomic E-state index is 13.4. The highest BCUT2D eigenvalue weighted by atomic mass is 35.5. The monoisotopic (exact) mass is 279 g/mol. The lowest BCUT2D eigenvalue weighted by molar-refractivity contribution is 0.251. The topological polar surface area (TPSA) is 54.0 Å². The number of amides is 2. The van der Waals surface area contributed by atoms with E-state index in [9.17, 15) is 9.18 Å². The standard InChI is InChI=1S/C13H11ClFN3O/c14-10-3-4-11(15)12(6-10)18-13(19)17-8-9-2-1-5-16-7-9/h1-7H,8H2,(H2,17,18,19). The van der Waals surface area contributed by atoms with E-state index in [1.807, 2.05) is 6.07 Å². The zero-order valence-electron chi connectivity index (χ0n) is 9.86. The van der Waals surface area contributed by atoms with E-state index in [0.29, 0.717) is 11.6 Å². The van der Waals surface area contributed by atoms with Gasteiger partial charge in [-0.05, 0) is 29.8 Å². The second-order valence-corrected chi connectivity index (χ2v) is 4.23. The van der Waals surface area contributed by atoms with E-state index in [2.05, 4.69) is 15.6 Å². The maximum Gasteiger partial charge on any atom is 0.319 e. The summed E-state index contributed by atoms with van der Waals surface area (Å²) in [5, 5.41) is 5.34. The molecule has 1 heterocycles. The highest BCUT2D eigenvalue weighted by molar-refractivity contribution is 6.30. The first kappa shape index (κ1) is 13.3. The van der Waals surface area contributed by atoms with E-state index in [1.54, 1.807) is 18.5 Å². The molecular formula is C13H11ClFN3O. The molecule has 0 unspecified atom stereocenters. The number of hydrogen-bond acceptors (Lipinski definition) is 2. The number of aromatic nitrogens is 1. The number of benzene rings is 1. The Bertz CT molecular complexity index is 577. The van der Waals surface area contributed by atoms with Gasteiger partial charge >= 0.3 is 6.03 Å². The average molecular weight is 280 g/mol. The molecule has 0 fully saturated rings. The zero-order valence-corrected chi connectivity index (χ0v) is 10.6. The van der Waals surface area contributed by atoms with Gasteiger partial charge in [-0.15, -0.1) is 0 Å². The van der Waals surface area contributed by atoms with Gasteiger partial charge in [-0.1, -0.05) is 17.7 Å². The fourth-order valence-corrected chi connectivity index (χ4v) is 1.62. The van der Waals surface area contributed by atoms with Crippen LogP contribution in [0.5, 0.6) is 0 Å². The van der Waals surface area contributed by atoms with Crippen LogP contribution in [-0.2, 0) is 6.54 Å². The van der Waals surface area contributed by atoms with E-state index in [4.69, 9.17) is 11.6 Å². The van der Waals surface area contributed by atoms with E-state index in [-0.39, 0.29) is 5.69 Å². The van der Waals surface area contributed by atoms with Gasteiger partial charge in [0, 0.05) is 24.0 Å². The van der Waals surface area contributed by atoms with Crippen LogP contribution in [0.15, 0.2) is 42.7 Å². The minimum absolute atomic E-state index is 0.0381. The molecule has 1 aromatic heterocycles. The summed E-state index contributed by atoms with van der Waals surface area (Å²) in [6.07, 6.45) is 3.28. The van der Waals surface area contributed by atoms with Crippen molar-refractivity contribution in [3.05, 3.63) is 59.1 Å². The molecule has 2 rings (SSSR count). The number of urea groups is 1. The van der Waals surface area contributed by atoms with Gasteiger partial charge in [-0.2, -0.15) is 0 Å². The molecule has 4 nitrogen and oxygen atoms in total. The Kier molecular flexibility index (Phi) is 4.30. The summed E-state index contributed by atoms with van der Waals surface area (Å²) in [4.78, 5) is 15.5. The Morgan fingerprint density at radius 1 is 1.37 bits per heavy atom. The largest absolute Gasteiger partial charge is 0.334 e. The molecular weight excluding hydrogens is 269 g/mol. The van der Waals surface area contributed by atoms with Crippen molar-refractivity contribution in [3.63, 3.8) is 0 Å². The van der Waals surface area contributed by atoms with Crippen LogP contribution in [0.4, 0.5) is 14.9 Å². The highest BCUT2D eigenvalue weighted by Crippen LogP contribution is 2.19. The van der Waals surface area contributed by atoms with Gasteiger partial charge in [-0.25, -0.2) is 9.18 Å². The van der Waals surface area contributed by atoms with Gasteiger partial charge in [-0.3, -0.25) is 4.98 Å². The minimum atomic E-state index is -0.541. The zero-order chi connectivity index (χ0) is 13.7. The van der Waals surface area contributed by atoms with Crippen LogP contribution in [0.25, 0.3) is 0 Å². The lowest BCUT2D eigenvalue weighted by Crippen LogP contribution is -2.28. The van der Waals surface area contributed by atoms with Crippen molar-refractivity contribution < 1.29 is 9.18 Å². The van der Waals surface area contributed by atoms with E-state index in [0.717, 1.165) is 5.56 Å². The molecule has 6 heteroatoms.